The van der Waals surface area contributed by atoms with E-state index in [0.717, 1.165) is 0 Å². The number of hydrogen-bond donors (Lipinski definition) is 2. The van der Waals surface area contributed by atoms with E-state index >= 15 is 0 Å². The third-order valence-electron chi connectivity index (χ3n) is 3.47. The van der Waals surface area contributed by atoms with Crippen LogP contribution in [0.15, 0.2) is 12.1 Å². The lowest BCUT2D eigenvalue weighted by atomic mass is 10.2. The Hall–Kier alpha value is -1.99. The molecule has 8 heteroatoms. The zero-order valence-electron chi connectivity index (χ0n) is 12.0. The second-order valence-electron chi connectivity index (χ2n) is 5.22. The van der Waals surface area contributed by atoms with Crippen molar-refractivity contribution in [1.29, 1.82) is 0 Å². The van der Waals surface area contributed by atoms with Crippen molar-refractivity contribution in [3.8, 4) is 5.75 Å². The molecule has 118 valence electrons. The van der Waals surface area contributed by atoms with Gasteiger partial charge in [-0.3, -0.25) is 4.79 Å². The molecule has 1 aromatic rings. The molecule has 7 nitrogen and oxygen atoms in total. The molecule has 0 bridgehead atoms. The largest absolute Gasteiger partial charge is 0.482 e. The Balaban J connectivity index is 1.75. The molecule has 0 saturated carbocycles. The van der Waals surface area contributed by atoms with Crippen LogP contribution in [0, 0.1) is 0 Å². The summed E-state index contributed by atoms with van der Waals surface area (Å²) in [6.07, 6.45) is 0.0112. The fraction of sp³-hybridized carbons (Fsp3) is 0.429. The van der Waals surface area contributed by atoms with Gasteiger partial charge in [-0.1, -0.05) is 11.6 Å². The zero-order chi connectivity index (χ0) is 15.7. The maximum atomic E-state index is 12.3. The molecule has 2 aliphatic rings. The van der Waals surface area contributed by atoms with E-state index in [1.807, 2.05) is 6.92 Å². The van der Waals surface area contributed by atoms with E-state index in [4.69, 9.17) is 21.1 Å². The maximum Gasteiger partial charge on any atom is 0.322 e. The number of rotatable bonds is 1. The van der Waals surface area contributed by atoms with Crippen molar-refractivity contribution in [2.75, 3.05) is 36.9 Å². The van der Waals surface area contributed by atoms with Crippen LogP contribution in [0.1, 0.15) is 6.92 Å². The van der Waals surface area contributed by atoms with Crippen LogP contribution in [0.2, 0.25) is 5.02 Å². The Morgan fingerprint density at radius 2 is 2.32 bits per heavy atom. The van der Waals surface area contributed by atoms with Crippen molar-refractivity contribution in [2.45, 2.75) is 13.0 Å². The number of nitrogens with zero attached hydrogens (tertiary/aromatic N) is 1. The van der Waals surface area contributed by atoms with Gasteiger partial charge in [0, 0.05) is 19.2 Å². The van der Waals surface area contributed by atoms with Crippen molar-refractivity contribution in [2.24, 2.45) is 0 Å². The van der Waals surface area contributed by atoms with E-state index in [2.05, 4.69) is 10.6 Å². The van der Waals surface area contributed by atoms with Crippen molar-refractivity contribution in [3.63, 3.8) is 0 Å². The summed E-state index contributed by atoms with van der Waals surface area (Å²) < 4.78 is 10.7. The number of morpholine rings is 1. The van der Waals surface area contributed by atoms with Crippen molar-refractivity contribution < 1.29 is 19.1 Å². The molecule has 1 atom stereocenters. The number of anilines is 2. The average Bonchev–Trinajstić information content (AvgIpc) is 2.48. The minimum Gasteiger partial charge on any atom is -0.482 e. The van der Waals surface area contributed by atoms with E-state index in [1.165, 1.54) is 0 Å². The van der Waals surface area contributed by atoms with Gasteiger partial charge < -0.3 is 25.0 Å². The van der Waals surface area contributed by atoms with Crippen LogP contribution in [0.5, 0.6) is 5.75 Å². The number of fused-ring (bicyclic) bond motifs is 1. The minimum absolute atomic E-state index is 0.0112. The van der Waals surface area contributed by atoms with Gasteiger partial charge in [0.05, 0.1) is 29.1 Å². The maximum absolute atomic E-state index is 12.3. The molecule has 0 radical (unpaired) electrons. The molecular weight excluding hydrogens is 310 g/mol. The summed E-state index contributed by atoms with van der Waals surface area (Å²) in [4.78, 5) is 25.2. The molecule has 3 amide bonds. The third-order valence-corrected chi connectivity index (χ3v) is 3.78. The molecule has 1 fully saturated rings. The lowest BCUT2D eigenvalue weighted by Crippen LogP contribution is -2.46. The Kier molecular flexibility index (Phi) is 4.08. The van der Waals surface area contributed by atoms with Crippen molar-refractivity contribution in [3.05, 3.63) is 17.2 Å². The Morgan fingerprint density at radius 1 is 1.50 bits per heavy atom. The normalized spacial score (nSPS) is 20.7. The van der Waals surface area contributed by atoms with Crippen LogP contribution in [-0.4, -0.2) is 49.2 Å². The number of carbonyl (C=O) groups is 2. The van der Waals surface area contributed by atoms with Gasteiger partial charge in [0.25, 0.3) is 5.91 Å². The molecular formula is C14H16ClN3O4. The number of halogens is 1. The molecule has 1 unspecified atom stereocenters. The summed E-state index contributed by atoms with van der Waals surface area (Å²) in [5.41, 5.74) is 0.944. The molecule has 0 spiro atoms. The van der Waals surface area contributed by atoms with Gasteiger partial charge in [0.15, 0.2) is 6.61 Å². The molecule has 2 N–H and O–H groups in total. The molecule has 2 heterocycles. The summed E-state index contributed by atoms with van der Waals surface area (Å²) in [6.45, 7) is 3.44. The lowest BCUT2D eigenvalue weighted by molar-refractivity contribution is -0.118. The van der Waals surface area contributed by atoms with Gasteiger partial charge in [-0.05, 0) is 13.0 Å². The van der Waals surface area contributed by atoms with Gasteiger partial charge in [-0.25, -0.2) is 4.79 Å². The topological polar surface area (TPSA) is 79.9 Å². The van der Waals surface area contributed by atoms with E-state index in [1.54, 1.807) is 17.0 Å². The predicted octanol–water partition coefficient (Wildman–Crippen LogP) is 1.92. The molecule has 22 heavy (non-hydrogen) atoms. The van der Waals surface area contributed by atoms with Gasteiger partial charge >= 0.3 is 6.03 Å². The summed E-state index contributed by atoms with van der Waals surface area (Å²) in [5, 5.41) is 5.76. The number of urea groups is 1. The summed E-state index contributed by atoms with van der Waals surface area (Å²) >= 11 is 6.16. The predicted molar refractivity (Wildman–Crippen MR) is 81.6 cm³/mol. The standard InChI is InChI=1S/C14H16ClN3O4/c1-8-6-18(2-3-21-8)14(20)17-10-5-12-11(4-9(10)15)16-13(19)7-22-12/h4-5,8H,2-3,6-7H2,1H3,(H,16,19)(H,17,20). The first kappa shape index (κ1) is 14.9. The highest BCUT2D eigenvalue weighted by molar-refractivity contribution is 6.34. The first-order chi connectivity index (χ1) is 10.5. The van der Waals surface area contributed by atoms with Gasteiger partial charge in [-0.15, -0.1) is 0 Å². The fourth-order valence-corrected chi connectivity index (χ4v) is 2.60. The molecule has 1 aromatic carbocycles. The van der Waals surface area contributed by atoms with Crippen molar-refractivity contribution >= 4 is 34.9 Å². The Morgan fingerprint density at radius 3 is 3.09 bits per heavy atom. The number of nitrogens with one attached hydrogen (secondary N) is 2. The second-order valence-corrected chi connectivity index (χ2v) is 5.63. The number of carbonyl (C=O) groups excluding carboxylic acids is 2. The molecule has 2 aliphatic heterocycles. The number of hydrogen-bond acceptors (Lipinski definition) is 4. The average molecular weight is 326 g/mol. The van der Waals surface area contributed by atoms with Gasteiger partial charge in [0.2, 0.25) is 0 Å². The first-order valence-electron chi connectivity index (χ1n) is 6.96. The third kappa shape index (κ3) is 3.10. The molecule has 1 saturated heterocycles. The Labute approximate surface area is 132 Å². The lowest BCUT2D eigenvalue weighted by Gasteiger charge is -2.31. The van der Waals surface area contributed by atoms with E-state index in [0.29, 0.717) is 41.8 Å². The summed E-state index contributed by atoms with van der Waals surface area (Å²) in [6, 6.07) is 2.93. The zero-order valence-corrected chi connectivity index (χ0v) is 12.8. The van der Waals surface area contributed by atoms with Crippen molar-refractivity contribution in [1.82, 2.24) is 4.90 Å². The SMILES string of the molecule is CC1CN(C(=O)Nc2cc3c(cc2Cl)NC(=O)CO3)CCO1. The van der Waals surface area contributed by atoms with Gasteiger partial charge in [0.1, 0.15) is 5.75 Å². The highest BCUT2D eigenvalue weighted by atomic mass is 35.5. The van der Waals surface area contributed by atoms with Crippen LogP contribution >= 0.6 is 11.6 Å². The highest BCUT2D eigenvalue weighted by Crippen LogP contribution is 2.36. The monoisotopic (exact) mass is 325 g/mol. The minimum atomic E-state index is -0.239. The van der Waals surface area contributed by atoms with Crippen LogP contribution in [0.4, 0.5) is 16.2 Å². The first-order valence-corrected chi connectivity index (χ1v) is 7.34. The summed E-state index contributed by atoms with van der Waals surface area (Å²) in [5.74, 6) is 0.248. The molecule has 3 rings (SSSR count). The second kappa shape index (κ2) is 6.02. The smallest absolute Gasteiger partial charge is 0.322 e. The van der Waals surface area contributed by atoms with Crippen LogP contribution < -0.4 is 15.4 Å². The Bertz CT molecular complexity index is 622. The summed E-state index contributed by atoms with van der Waals surface area (Å²) in [7, 11) is 0. The highest BCUT2D eigenvalue weighted by Gasteiger charge is 2.23. The van der Waals surface area contributed by atoms with E-state index in [-0.39, 0.29) is 24.6 Å². The van der Waals surface area contributed by atoms with Crippen LogP contribution in [0.25, 0.3) is 0 Å². The van der Waals surface area contributed by atoms with E-state index < -0.39 is 0 Å². The molecule has 0 aliphatic carbocycles. The quantitative estimate of drug-likeness (QED) is 0.826. The van der Waals surface area contributed by atoms with E-state index in [9.17, 15) is 9.59 Å². The number of ether oxygens (including phenoxy) is 2. The van der Waals surface area contributed by atoms with Crippen LogP contribution in [-0.2, 0) is 9.53 Å². The number of benzene rings is 1. The fourth-order valence-electron chi connectivity index (χ4n) is 2.39. The molecule has 0 aromatic heterocycles. The number of amides is 3. The van der Waals surface area contributed by atoms with Crippen LogP contribution in [0.3, 0.4) is 0 Å². The van der Waals surface area contributed by atoms with Gasteiger partial charge in [-0.2, -0.15) is 0 Å².